The fourth-order valence-corrected chi connectivity index (χ4v) is 5.94. The van der Waals surface area contributed by atoms with Crippen LogP contribution in [0.2, 0.25) is 0 Å². The third kappa shape index (κ3) is 4.00. The molecule has 0 saturated carbocycles. The molecule has 3 aromatic rings. The van der Waals surface area contributed by atoms with Crippen molar-refractivity contribution in [3.05, 3.63) is 79.8 Å². The summed E-state index contributed by atoms with van der Waals surface area (Å²) in [6.07, 6.45) is 0.691. The average Bonchev–Trinajstić information content (AvgIpc) is 3.50. The molecule has 1 N–H and O–H groups in total. The van der Waals surface area contributed by atoms with Gasteiger partial charge in [0.15, 0.2) is 5.13 Å². The van der Waals surface area contributed by atoms with Crippen LogP contribution >= 0.6 is 27.3 Å². The number of benzene rings is 2. The molecule has 10 heteroatoms. The Balaban J connectivity index is 1.69. The smallest absolute Gasteiger partial charge is 0.350 e. The van der Waals surface area contributed by atoms with Crippen LogP contribution in [0.25, 0.3) is 5.76 Å². The quantitative estimate of drug-likeness (QED) is 0.205. The molecule has 8 nitrogen and oxygen atoms in total. The van der Waals surface area contributed by atoms with Gasteiger partial charge in [0, 0.05) is 16.5 Å². The number of thiazole rings is 1. The standard InChI is InChI=1S/C26H21BrN2O6S/c1-12-9-16-10-15(7-8-18(16)35-12)21(30)19-20(14-5-4-6-17(27)11-14)29(24(32)22(19)31)26-28-13(2)23(36-26)25(33)34-3/h4-8,10-12,20,30H,9H2,1-3H3. The molecular formula is C26H21BrN2O6S. The number of aliphatic hydroxyl groups is 1. The predicted octanol–water partition coefficient (Wildman–Crippen LogP) is 4.95. The summed E-state index contributed by atoms with van der Waals surface area (Å²) in [4.78, 5) is 44.8. The Morgan fingerprint density at radius 3 is 2.75 bits per heavy atom. The van der Waals surface area contributed by atoms with Crippen molar-refractivity contribution < 1.29 is 29.0 Å². The summed E-state index contributed by atoms with van der Waals surface area (Å²) in [7, 11) is 1.26. The van der Waals surface area contributed by atoms with Gasteiger partial charge in [-0.05, 0) is 55.3 Å². The zero-order chi connectivity index (χ0) is 25.7. The average molecular weight is 569 g/mol. The molecule has 36 heavy (non-hydrogen) atoms. The first kappa shape index (κ1) is 24.2. The number of esters is 1. The number of aryl methyl sites for hydroxylation is 1. The van der Waals surface area contributed by atoms with Gasteiger partial charge in [0.2, 0.25) is 0 Å². The maximum atomic E-state index is 13.4. The van der Waals surface area contributed by atoms with Crippen LogP contribution in [0, 0.1) is 6.92 Å². The van der Waals surface area contributed by atoms with Crippen molar-refractivity contribution in [3.8, 4) is 5.75 Å². The van der Waals surface area contributed by atoms with Gasteiger partial charge in [-0.1, -0.05) is 39.4 Å². The van der Waals surface area contributed by atoms with Crippen molar-refractivity contribution >= 4 is 55.8 Å². The zero-order valence-electron chi connectivity index (χ0n) is 19.6. The van der Waals surface area contributed by atoms with Crippen molar-refractivity contribution in [2.75, 3.05) is 12.0 Å². The van der Waals surface area contributed by atoms with E-state index in [1.165, 1.54) is 12.0 Å². The van der Waals surface area contributed by atoms with E-state index in [1.807, 2.05) is 13.0 Å². The number of rotatable bonds is 4. The summed E-state index contributed by atoms with van der Waals surface area (Å²) in [5, 5.41) is 11.6. The second kappa shape index (κ2) is 9.18. The molecule has 1 aromatic heterocycles. The van der Waals surface area contributed by atoms with Crippen molar-refractivity contribution in [2.24, 2.45) is 0 Å². The minimum atomic E-state index is -0.957. The number of ketones is 1. The Labute approximate surface area is 219 Å². The molecule has 0 bridgehead atoms. The van der Waals surface area contributed by atoms with Crippen molar-refractivity contribution in [1.29, 1.82) is 0 Å². The number of Topliss-reactive ketones (excluding diaryl/α,β-unsaturated/α-hetero) is 1. The summed E-state index contributed by atoms with van der Waals surface area (Å²) >= 11 is 4.40. The van der Waals surface area contributed by atoms with Gasteiger partial charge in [-0.15, -0.1) is 0 Å². The molecule has 5 rings (SSSR count). The number of hydrogen-bond acceptors (Lipinski definition) is 8. The van der Waals surface area contributed by atoms with E-state index in [2.05, 4.69) is 20.9 Å². The molecule has 2 aromatic carbocycles. The van der Waals surface area contributed by atoms with E-state index in [0.29, 0.717) is 23.2 Å². The lowest BCUT2D eigenvalue weighted by molar-refractivity contribution is -0.132. The van der Waals surface area contributed by atoms with E-state index in [9.17, 15) is 19.5 Å². The molecule has 0 spiro atoms. The number of methoxy groups -OCH3 is 1. The summed E-state index contributed by atoms with van der Waals surface area (Å²) in [5.74, 6) is -1.82. The maximum absolute atomic E-state index is 13.4. The lowest BCUT2D eigenvalue weighted by Crippen LogP contribution is -2.29. The van der Waals surface area contributed by atoms with Gasteiger partial charge in [-0.3, -0.25) is 14.5 Å². The number of hydrogen-bond donors (Lipinski definition) is 1. The van der Waals surface area contributed by atoms with E-state index in [-0.39, 0.29) is 27.4 Å². The fourth-order valence-electron chi connectivity index (χ4n) is 4.51. The van der Waals surface area contributed by atoms with Gasteiger partial charge in [0.05, 0.1) is 24.4 Å². The first-order valence-electron chi connectivity index (χ1n) is 11.1. The SMILES string of the molecule is COC(=O)c1sc(N2C(=O)C(=O)C(=C(O)c3ccc4c(c3)CC(C)O4)C2c2cccc(Br)c2)nc1C. The van der Waals surface area contributed by atoms with Crippen molar-refractivity contribution in [3.63, 3.8) is 0 Å². The van der Waals surface area contributed by atoms with Crippen LogP contribution in [0.1, 0.15) is 45.0 Å². The molecule has 184 valence electrons. The molecule has 0 radical (unpaired) electrons. The van der Waals surface area contributed by atoms with E-state index < -0.39 is 23.7 Å². The highest BCUT2D eigenvalue weighted by atomic mass is 79.9. The largest absolute Gasteiger partial charge is 0.507 e. The molecule has 2 unspecified atom stereocenters. The maximum Gasteiger partial charge on any atom is 0.350 e. The van der Waals surface area contributed by atoms with E-state index in [1.54, 1.807) is 43.3 Å². The molecule has 2 aliphatic rings. The minimum Gasteiger partial charge on any atom is -0.507 e. The second-order valence-corrected chi connectivity index (χ2v) is 10.5. The van der Waals surface area contributed by atoms with Gasteiger partial charge in [0.1, 0.15) is 22.5 Å². The van der Waals surface area contributed by atoms with Crippen molar-refractivity contribution in [2.45, 2.75) is 32.4 Å². The lowest BCUT2D eigenvalue weighted by Gasteiger charge is -2.23. The van der Waals surface area contributed by atoms with Crippen LogP contribution < -0.4 is 9.64 Å². The van der Waals surface area contributed by atoms with Crippen LogP contribution in [-0.4, -0.2) is 41.0 Å². The molecule has 1 saturated heterocycles. The molecule has 1 amide bonds. The lowest BCUT2D eigenvalue weighted by atomic mass is 9.94. The molecule has 0 aliphatic carbocycles. The number of aliphatic hydroxyl groups excluding tert-OH is 1. The summed E-state index contributed by atoms with van der Waals surface area (Å²) in [6, 6.07) is 11.4. The van der Waals surface area contributed by atoms with E-state index in [4.69, 9.17) is 9.47 Å². The number of nitrogens with zero attached hydrogens (tertiary/aromatic N) is 2. The van der Waals surface area contributed by atoms with Crippen LogP contribution in [-0.2, 0) is 20.7 Å². The van der Waals surface area contributed by atoms with Crippen LogP contribution in [0.15, 0.2) is 52.5 Å². The Morgan fingerprint density at radius 2 is 2.03 bits per heavy atom. The number of ether oxygens (including phenoxy) is 2. The van der Waals surface area contributed by atoms with Crippen LogP contribution in [0.5, 0.6) is 5.75 Å². The summed E-state index contributed by atoms with van der Waals surface area (Å²) in [6.45, 7) is 3.58. The van der Waals surface area contributed by atoms with Crippen molar-refractivity contribution in [1.82, 2.24) is 4.98 Å². The normalized spacial score (nSPS) is 20.4. The van der Waals surface area contributed by atoms with Crippen LogP contribution in [0.3, 0.4) is 0 Å². The molecule has 1 fully saturated rings. The summed E-state index contributed by atoms with van der Waals surface area (Å²) < 4.78 is 11.3. The number of anilines is 1. The first-order valence-corrected chi connectivity index (χ1v) is 12.7. The molecule has 2 atom stereocenters. The first-order chi connectivity index (χ1) is 17.2. The van der Waals surface area contributed by atoms with E-state index >= 15 is 0 Å². The fraction of sp³-hybridized carbons (Fsp3) is 0.231. The Kier molecular flexibility index (Phi) is 6.17. The minimum absolute atomic E-state index is 0.0156. The van der Waals surface area contributed by atoms with Gasteiger partial charge in [-0.25, -0.2) is 9.78 Å². The molecular weight excluding hydrogens is 548 g/mol. The summed E-state index contributed by atoms with van der Waals surface area (Å²) in [5.41, 5.74) is 2.24. The van der Waals surface area contributed by atoms with Gasteiger partial charge >= 0.3 is 11.9 Å². The van der Waals surface area contributed by atoms with Gasteiger partial charge in [0.25, 0.3) is 5.78 Å². The number of amides is 1. The topological polar surface area (TPSA) is 106 Å². The Hall–Kier alpha value is -3.50. The van der Waals surface area contributed by atoms with Gasteiger partial charge < -0.3 is 14.6 Å². The highest BCUT2D eigenvalue weighted by Gasteiger charge is 2.48. The number of aromatic nitrogens is 1. The number of carbonyl (C=O) groups is 3. The highest BCUT2D eigenvalue weighted by molar-refractivity contribution is 9.10. The molecule has 2 aliphatic heterocycles. The Bertz CT molecular complexity index is 1460. The number of fused-ring (bicyclic) bond motifs is 1. The van der Waals surface area contributed by atoms with Gasteiger partial charge in [-0.2, -0.15) is 0 Å². The number of halogens is 1. The van der Waals surface area contributed by atoms with Crippen LogP contribution in [0.4, 0.5) is 5.13 Å². The van der Waals surface area contributed by atoms with E-state index in [0.717, 1.165) is 27.1 Å². The third-order valence-corrected chi connectivity index (χ3v) is 7.77. The predicted molar refractivity (Wildman–Crippen MR) is 137 cm³/mol. The Morgan fingerprint density at radius 1 is 1.25 bits per heavy atom. The number of carbonyl (C=O) groups excluding carboxylic acids is 3. The second-order valence-electron chi connectivity index (χ2n) is 8.58. The zero-order valence-corrected chi connectivity index (χ0v) is 22.0. The highest BCUT2D eigenvalue weighted by Crippen LogP contribution is 2.44. The monoisotopic (exact) mass is 568 g/mol. The molecule has 3 heterocycles. The third-order valence-electron chi connectivity index (χ3n) is 6.14.